The summed E-state index contributed by atoms with van der Waals surface area (Å²) in [6, 6.07) is 8.55. The highest BCUT2D eigenvalue weighted by Crippen LogP contribution is 2.40. The van der Waals surface area contributed by atoms with Crippen LogP contribution in [0.2, 0.25) is 0 Å². The van der Waals surface area contributed by atoms with Crippen molar-refractivity contribution in [1.82, 2.24) is 9.88 Å². The number of hydrogen-bond donors (Lipinski definition) is 2. The van der Waals surface area contributed by atoms with E-state index in [9.17, 15) is 23.8 Å². The highest BCUT2D eigenvalue weighted by Gasteiger charge is 2.41. The molecule has 0 amide bonds. The third-order valence-electron chi connectivity index (χ3n) is 7.32. The number of piperidine rings is 1. The monoisotopic (exact) mass is 514 g/mol. The molecule has 1 fully saturated rings. The number of aryl methyl sites for hydroxylation is 1. The zero-order valence-corrected chi connectivity index (χ0v) is 21.0. The van der Waals surface area contributed by atoms with E-state index in [-0.39, 0.29) is 12.4 Å². The first-order valence-electron chi connectivity index (χ1n) is 12.4. The molecule has 1 saturated heterocycles. The number of aromatic nitrogens is 1. The van der Waals surface area contributed by atoms with E-state index in [1.807, 2.05) is 25.1 Å². The Morgan fingerprint density at radius 3 is 2.49 bits per heavy atom. The van der Waals surface area contributed by atoms with Crippen LogP contribution in [0.15, 0.2) is 42.6 Å². The van der Waals surface area contributed by atoms with Crippen LogP contribution < -0.4 is 9.47 Å². The van der Waals surface area contributed by atoms with Crippen molar-refractivity contribution in [3.63, 3.8) is 0 Å². The maximum atomic E-state index is 13.3. The maximum absolute atomic E-state index is 13.3. The van der Waals surface area contributed by atoms with Crippen molar-refractivity contribution in [1.29, 1.82) is 0 Å². The molecule has 7 nitrogen and oxygen atoms in total. The van der Waals surface area contributed by atoms with Gasteiger partial charge in [0.2, 0.25) is 0 Å². The van der Waals surface area contributed by atoms with Gasteiger partial charge in [-0.3, -0.25) is 14.7 Å². The Morgan fingerprint density at radius 2 is 1.84 bits per heavy atom. The van der Waals surface area contributed by atoms with Gasteiger partial charge in [0.05, 0.1) is 24.1 Å². The Bertz CT molecular complexity index is 1240. The van der Waals surface area contributed by atoms with E-state index in [1.54, 1.807) is 13.3 Å². The van der Waals surface area contributed by atoms with Crippen molar-refractivity contribution in [2.24, 2.45) is 5.41 Å². The Hall–Kier alpha value is -3.30. The standard InChI is InChI=1S/C28H32F2N2O5/c1-18-17-31-24-4-3-21(36-2)16-23(24)26(18)25(33)5-6-28(27(34)35)7-9-32(10-8-28)11-12-37-22-14-19(29)13-20(30)15-22/h3-4,13-17,25,33H,5-12H2,1-2H3,(H,34,35). The molecule has 37 heavy (non-hydrogen) atoms. The van der Waals surface area contributed by atoms with Gasteiger partial charge < -0.3 is 19.7 Å². The maximum Gasteiger partial charge on any atom is 0.309 e. The molecule has 0 saturated carbocycles. The predicted molar refractivity (Wildman–Crippen MR) is 135 cm³/mol. The molecule has 1 aliphatic rings. The Labute approximate surface area is 214 Å². The number of hydrogen-bond acceptors (Lipinski definition) is 6. The molecule has 0 bridgehead atoms. The van der Waals surface area contributed by atoms with E-state index in [4.69, 9.17) is 9.47 Å². The van der Waals surface area contributed by atoms with Crippen molar-refractivity contribution < 1.29 is 33.3 Å². The molecule has 3 aromatic rings. The Balaban J connectivity index is 1.37. The fourth-order valence-electron chi connectivity index (χ4n) is 5.10. The van der Waals surface area contributed by atoms with Crippen LogP contribution in [0.5, 0.6) is 11.5 Å². The SMILES string of the molecule is COc1ccc2ncc(C)c(C(O)CCC3(C(=O)O)CCN(CCOc4cc(F)cc(F)c4)CC3)c2c1. The molecule has 4 rings (SSSR count). The molecular formula is C28H32F2N2O5. The summed E-state index contributed by atoms with van der Waals surface area (Å²) >= 11 is 0. The summed E-state index contributed by atoms with van der Waals surface area (Å²) in [6.07, 6.45) is 2.40. The van der Waals surface area contributed by atoms with E-state index in [0.29, 0.717) is 51.1 Å². The van der Waals surface area contributed by atoms with Gasteiger partial charge in [-0.2, -0.15) is 0 Å². The molecule has 1 aliphatic heterocycles. The minimum Gasteiger partial charge on any atom is -0.497 e. The van der Waals surface area contributed by atoms with Crippen LogP contribution in [0.3, 0.4) is 0 Å². The summed E-state index contributed by atoms with van der Waals surface area (Å²) in [4.78, 5) is 18.9. The van der Waals surface area contributed by atoms with Gasteiger partial charge in [0.1, 0.15) is 29.7 Å². The van der Waals surface area contributed by atoms with Crippen molar-refractivity contribution in [2.45, 2.75) is 38.7 Å². The summed E-state index contributed by atoms with van der Waals surface area (Å²) in [6.45, 7) is 3.74. The van der Waals surface area contributed by atoms with Crippen LogP contribution in [0.25, 0.3) is 10.9 Å². The zero-order valence-electron chi connectivity index (χ0n) is 21.0. The van der Waals surface area contributed by atoms with Gasteiger partial charge in [-0.15, -0.1) is 0 Å². The van der Waals surface area contributed by atoms with E-state index in [2.05, 4.69) is 9.88 Å². The van der Waals surface area contributed by atoms with E-state index >= 15 is 0 Å². The molecular weight excluding hydrogens is 482 g/mol. The first-order valence-corrected chi connectivity index (χ1v) is 12.4. The molecule has 2 heterocycles. The summed E-state index contributed by atoms with van der Waals surface area (Å²) in [5.41, 5.74) is 1.39. The minimum absolute atomic E-state index is 0.125. The van der Waals surface area contributed by atoms with Crippen LogP contribution >= 0.6 is 0 Å². The van der Waals surface area contributed by atoms with Gasteiger partial charge in [0, 0.05) is 36.3 Å². The highest BCUT2D eigenvalue weighted by molar-refractivity contribution is 5.85. The van der Waals surface area contributed by atoms with E-state index < -0.39 is 29.1 Å². The van der Waals surface area contributed by atoms with Crippen LogP contribution in [0, 0.1) is 24.0 Å². The average molecular weight is 515 g/mol. The Kier molecular flexibility index (Phi) is 8.24. The number of carboxylic acids is 1. The number of aliphatic hydroxyl groups excluding tert-OH is 1. The van der Waals surface area contributed by atoms with Crippen LogP contribution in [0.4, 0.5) is 8.78 Å². The van der Waals surface area contributed by atoms with Gasteiger partial charge in [-0.25, -0.2) is 8.78 Å². The Morgan fingerprint density at radius 1 is 1.14 bits per heavy atom. The van der Waals surface area contributed by atoms with Crippen LogP contribution in [-0.2, 0) is 4.79 Å². The molecule has 1 aromatic heterocycles. The molecule has 0 radical (unpaired) electrons. The number of benzene rings is 2. The van der Waals surface area contributed by atoms with Gasteiger partial charge in [0.25, 0.3) is 0 Å². The summed E-state index contributed by atoms with van der Waals surface area (Å²) in [5, 5.41) is 22.1. The molecule has 9 heteroatoms. The fraction of sp³-hybridized carbons (Fsp3) is 0.429. The first kappa shape index (κ1) is 26.8. The molecule has 1 atom stereocenters. The molecule has 198 valence electrons. The largest absolute Gasteiger partial charge is 0.497 e. The second kappa shape index (κ2) is 11.4. The molecule has 0 spiro atoms. The van der Waals surface area contributed by atoms with E-state index in [0.717, 1.165) is 40.2 Å². The lowest BCUT2D eigenvalue weighted by Crippen LogP contribution is -2.45. The molecule has 1 unspecified atom stereocenters. The minimum atomic E-state index is -0.932. The number of fused-ring (bicyclic) bond motifs is 1. The second-order valence-electron chi connectivity index (χ2n) is 9.67. The van der Waals surface area contributed by atoms with Crippen molar-refractivity contribution >= 4 is 16.9 Å². The lowest BCUT2D eigenvalue weighted by Gasteiger charge is -2.39. The first-order chi connectivity index (χ1) is 17.7. The summed E-state index contributed by atoms with van der Waals surface area (Å²) < 4.78 is 37.5. The predicted octanol–water partition coefficient (Wildman–Crippen LogP) is 4.89. The third-order valence-corrected chi connectivity index (χ3v) is 7.32. The molecule has 0 aliphatic carbocycles. The van der Waals surface area contributed by atoms with Crippen LogP contribution in [0.1, 0.15) is 42.9 Å². The lowest BCUT2D eigenvalue weighted by molar-refractivity contribution is -0.153. The normalized spacial score (nSPS) is 16.5. The van der Waals surface area contributed by atoms with Gasteiger partial charge in [-0.05, 0) is 75.0 Å². The van der Waals surface area contributed by atoms with E-state index in [1.165, 1.54) is 0 Å². The third kappa shape index (κ3) is 6.17. The number of carboxylic acid groups (broad SMARTS) is 1. The van der Waals surface area contributed by atoms with Crippen molar-refractivity contribution in [3.05, 3.63) is 65.4 Å². The fourth-order valence-corrected chi connectivity index (χ4v) is 5.10. The van der Waals surface area contributed by atoms with Gasteiger partial charge >= 0.3 is 5.97 Å². The molecule has 2 N–H and O–H groups in total. The average Bonchev–Trinajstić information content (AvgIpc) is 2.87. The number of carbonyl (C=O) groups is 1. The number of ether oxygens (including phenoxy) is 2. The van der Waals surface area contributed by atoms with Gasteiger partial charge in [-0.1, -0.05) is 0 Å². The lowest BCUT2D eigenvalue weighted by atomic mass is 9.74. The topological polar surface area (TPSA) is 92.1 Å². The number of likely N-dealkylation sites (tertiary alicyclic amines) is 1. The number of halogens is 2. The second-order valence-corrected chi connectivity index (χ2v) is 9.67. The summed E-state index contributed by atoms with van der Waals surface area (Å²) in [5.74, 6) is -1.47. The number of pyridine rings is 1. The van der Waals surface area contributed by atoms with Gasteiger partial charge in [0.15, 0.2) is 0 Å². The summed E-state index contributed by atoms with van der Waals surface area (Å²) in [7, 11) is 1.58. The molecule has 2 aromatic carbocycles. The number of aliphatic carboxylic acids is 1. The highest BCUT2D eigenvalue weighted by atomic mass is 19.1. The zero-order chi connectivity index (χ0) is 26.6. The smallest absolute Gasteiger partial charge is 0.309 e. The van der Waals surface area contributed by atoms with Crippen molar-refractivity contribution in [3.8, 4) is 11.5 Å². The number of aliphatic hydroxyl groups is 1. The van der Waals surface area contributed by atoms with Crippen LogP contribution in [-0.4, -0.2) is 59.4 Å². The quantitative estimate of drug-likeness (QED) is 0.398. The van der Waals surface area contributed by atoms with Crippen molar-refractivity contribution in [2.75, 3.05) is 33.4 Å². The number of rotatable bonds is 10. The number of methoxy groups -OCH3 is 1. The number of nitrogens with zero attached hydrogens (tertiary/aromatic N) is 2.